The Morgan fingerprint density at radius 3 is 2.71 bits per heavy atom. The maximum atomic E-state index is 12.8. The molecule has 1 aromatic heterocycles. The summed E-state index contributed by atoms with van der Waals surface area (Å²) in [4.78, 5) is 16.2. The van der Waals surface area contributed by atoms with Crippen LogP contribution in [0.15, 0.2) is 17.5 Å². The monoisotopic (exact) mass is 306 g/mol. The third-order valence-corrected chi connectivity index (χ3v) is 6.32. The molecule has 1 saturated heterocycles. The third kappa shape index (κ3) is 2.76. The highest BCUT2D eigenvalue weighted by Gasteiger charge is 2.44. The lowest BCUT2D eigenvalue weighted by Gasteiger charge is -2.35. The zero-order chi connectivity index (χ0) is 14.9. The van der Waals surface area contributed by atoms with Crippen molar-refractivity contribution in [2.24, 2.45) is 5.41 Å². The first-order valence-electron chi connectivity index (χ1n) is 8.29. The van der Waals surface area contributed by atoms with Crippen molar-refractivity contribution >= 4 is 17.2 Å². The van der Waals surface area contributed by atoms with Crippen molar-refractivity contribution in [1.82, 2.24) is 10.2 Å². The van der Waals surface area contributed by atoms with Crippen LogP contribution >= 0.6 is 11.3 Å². The molecule has 2 fully saturated rings. The second-order valence-corrected chi connectivity index (χ2v) is 7.55. The van der Waals surface area contributed by atoms with E-state index in [1.165, 1.54) is 37.0 Å². The maximum absolute atomic E-state index is 12.8. The molecule has 0 radical (unpaired) electrons. The molecule has 1 aromatic rings. The number of amides is 1. The lowest BCUT2D eigenvalue weighted by Crippen LogP contribution is -2.39. The molecule has 2 heterocycles. The SMILES string of the molecule is CCC1NC(c2cccs2)N(CC2(CC)CCCC2)C1=O. The first kappa shape index (κ1) is 15.0. The van der Waals surface area contributed by atoms with Gasteiger partial charge >= 0.3 is 0 Å². The molecule has 4 heteroatoms. The van der Waals surface area contributed by atoms with E-state index in [1.807, 2.05) is 0 Å². The van der Waals surface area contributed by atoms with Crippen molar-refractivity contribution in [1.29, 1.82) is 0 Å². The molecule has 2 unspecified atom stereocenters. The summed E-state index contributed by atoms with van der Waals surface area (Å²) in [5, 5.41) is 5.65. The van der Waals surface area contributed by atoms with Gasteiger partial charge in [0, 0.05) is 11.4 Å². The number of carbonyl (C=O) groups is 1. The second kappa shape index (κ2) is 6.09. The van der Waals surface area contributed by atoms with E-state index in [1.54, 1.807) is 11.3 Å². The number of carbonyl (C=O) groups excluding carboxylic acids is 1. The van der Waals surface area contributed by atoms with E-state index in [9.17, 15) is 4.79 Å². The maximum Gasteiger partial charge on any atom is 0.241 e. The number of thiophene rings is 1. The van der Waals surface area contributed by atoms with Gasteiger partial charge in [-0.2, -0.15) is 0 Å². The van der Waals surface area contributed by atoms with Gasteiger partial charge in [0.25, 0.3) is 0 Å². The summed E-state index contributed by atoms with van der Waals surface area (Å²) in [6.45, 7) is 5.31. The summed E-state index contributed by atoms with van der Waals surface area (Å²) in [7, 11) is 0. The number of rotatable bonds is 5. The summed E-state index contributed by atoms with van der Waals surface area (Å²) in [5.41, 5.74) is 0.357. The van der Waals surface area contributed by atoms with E-state index < -0.39 is 0 Å². The summed E-state index contributed by atoms with van der Waals surface area (Å²) >= 11 is 1.75. The van der Waals surface area contributed by atoms with Crippen LogP contribution in [-0.4, -0.2) is 23.4 Å². The van der Waals surface area contributed by atoms with Crippen molar-refractivity contribution in [2.75, 3.05) is 6.54 Å². The molecule has 2 aliphatic rings. The summed E-state index contributed by atoms with van der Waals surface area (Å²) < 4.78 is 0. The second-order valence-electron chi connectivity index (χ2n) is 6.57. The van der Waals surface area contributed by atoms with Gasteiger partial charge in [0.1, 0.15) is 6.17 Å². The molecule has 1 aliphatic heterocycles. The lowest BCUT2D eigenvalue weighted by molar-refractivity contribution is -0.131. The Morgan fingerprint density at radius 2 is 2.14 bits per heavy atom. The molecule has 1 amide bonds. The predicted molar refractivity (Wildman–Crippen MR) is 87.2 cm³/mol. The Morgan fingerprint density at radius 1 is 1.38 bits per heavy atom. The Hall–Kier alpha value is -0.870. The van der Waals surface area contributed by atoms with Crippen LogP contribution < -0.4 is 5.32 Å². The van der Waals surface area contributed by atoms with Gasteiger partial charge in [0.05, 0.1) is 6.04 Å². The van der Waals surface area contributed by atoms with Gasteiger partial charge in [0.15, 0.2) is 0 Å². The lowest BCUT2D eigenvalue weighted by atomic mass is 9.82. The van der Waals surface area contributed by atoms with E-state index in [2.05, 4.69) is 41.6 Å². The van der Waals surface area contributed by atoms with Gasteiger partial charge in [-0.3, -0.25) is 10.1 Å². The van der Waals surface area contributed by atoms with Gasteiger partial charge in [0.2, 0.25) is 5.91 Å². The fourth-order valence-corrected chi connectivity index (χ4v) is 4.73. The van der Waals surface area contributed by atoms with E-state index in [0.29, 0.717) is 11.3 Å². The highest BCUT2D eigenvalue weighted by molar-refractivity contribution is 7.10. The van der Waals surface area contributed by atoms with E-state index in [4.69, 9.17) is 0 Å². The highest BCUT2D eigenvalue weighted by atomic mass is 32.1. The van der Waals surface area contributed by atoms with Crippen LogP contribution in [0.3, 0.4) is 0 Å². The zero-order valence-electron chi connectivity index (χ0n) is 13.1. The minimum absolute atomic E-state index is 0.00703. The first-order chi connectivity index (χ1) is 10.2. The van der Waals surface area contributed by atoms with Crippen LogP contribution in [0.1, 0.15) is 63.4 Å². The van der Waals surface area contributed by atoms with Crippen LogP contribution in [0.2, 0.25) is 0 Å². The van der Waals surface area contributed by atoms with Crippen LogP contribution in [0, 0.1) is 5.41 Å². The molecule has 3 nitrogen and oxygen atoms in total. The van der Waals surface area contributed by atoms with Crippen molar-refractivity contribution in [3.63, 3.8) is 0 Å². The van der Waals surface area contributed by atoms with Crippen molar-refractivity contribution in [3.8, 4) is 0 Å². The van der Waals surface area contributed by atoms with Gasteiger partial charge in [-0.15, -0.1) is 11.3 Å². The Balaban J connectivity index is 1.84. The first-order valence-corrected chi connectivity index (χ1v) is 9.17. The fraction of sp³-hybridized carbons (Fsp3) is 0.706. The van der Waals surface area contributed by atoms with Gasteiger partial charge in [-0.05, 0) is 42.5 Å². The van der Waals surface area contributed by atoms with Crippen LogP contribution in [0.4, 0.5) is 0 Å². The normalized spacial score (nSPS) is 28.5. The summed E-state index contributed by atoms with van der Waals surface area (Å²) in [6, 6.07) is 4.22. The standard InChI is InChI=1S/C17H26N2OS/c1-3-13-16(20)19(12-17(4-2)9-5-6-10-17)15(18-13)14-8-7-11-21-14/h7-8,11,13,15,18H,3-6,9-10,12H2,1-2H3. The molecule has 0 aromatic carbocycles. The fourth-order valence-electron chi connectivity index (χ4n) is 3.93. The Kier molecular flexibility index (Phi) is 4.36. The number of hydrogen-bond donors (Lipinski definition) is 1. The number of nitrogens with zero attached hydrogens (tertiary/aromatic N) is 1. The number of nitrogens with one attached hydrogen (secondary N) is 1. The Labute approximate surface area is 131 Å². The summed E-state index contributed by atoms with van der Waals surface area (Å²) in [5.74, 6) is 0.302. The molecule has 1 saturated carbocycles. The molecular weight excluding hydrogens is 280 g/mol. The average Bonchev–Trinajstić information content (AvgIpc) is 3.22. The summed E-state index contributed by atoms with van der Waals surface area (Å²) in [6.07, 6.45) is 7.35. The van der Waals surface area contributed by atoms with Gasteiger partial charge in [-0.25, -0.2) is 0 Å². The smallest absolute Gasteiger partial charge is 0.241 e. The largest absolute Gasteiger partial charge is 0.320 e. The molecule has 3 rings (SSSR count). The molecule has 21 heavy (non-hydrogen) atoms. The van der Waals surface area contributed by atoms with E-state index in [-0.39, 0.29) is 12.2 Å². The molecule has 1 N–H and O–H groups in total. The van der Waals surface area contributed by atoms with Crippen molar-refractivity contribution < 1.29 is 4.79 Å². The minimum atomic E-state index is -0.00703. The topological polar surface area (TPSA) is 32.3 Å². The Bertz CT molecular complexity index is 479. The van der Waals surface area contributed by atoms with Crippen molar-refractivity contribution in [3.05, 3.63) is 22.4 Å². The molecule has 0 spiro atoms. The van der Waals surface area contributed by atoms with E-state index in [0.717, 1.165) is 13.0 Å². The quantitative estimate of drug-likeness (QED) is 0.894. The minimum Gasteiger partial charge on any atom is -0.320 e. The van der Waals surface area contributed by atoms with Gasteiger partial charge < -0.3 is 4.90 Å². The third-order valence-electron chi connectivity index (χ3n) is 5.39. The zero-order valence-corrected chi connectivity index (χ0v) is 13.9. The molecule has 2 atom stereocenters. The predicted octanol–water partition coefficient (Wildman–Crippen LogP) is 3.93. The molecule has 116 valence electrons. The van der Waals surface area contributed by atoms with Gasteiger partial charge in [-0.1, -0.05) is 32.8 Å². The van der Waals surface area contributed by atoms with Crippen LogP contribution in [-0.2, 0) is 4.79 Å². The number of hydrogen-bond acceptors (Lipinski definition) is 3. The van der Waals surface area contributed by atoms with Crippen molar-refractivity contribution in [2.45, 2.75) is 64.6 Å². The highest BCUT2D eigenvalue weighted by Crippen LogP contribution is 2.44. The van der Waals surface area contributed by atoms with Crippen LogP contribution in [0.5, 0.6) is 0 Å². The van der Waals surface area contributed by atoms with E-state index >= 15 is 0 Å². The average molecular weight is 306 g/mol. The molecule has 0 bridgehead atoms. The van der Waals surface area contributed by atoms with Crippen LogP contribution in [0.25, 0.3) is 0 Å². The molecular formula is C17H26N2OS. The molecule has 1 aliphatic carbocycles.